The Balaban J connectivity index is 1.83. The largest absolute Gasteiger partial charge is 0.337 e. The van der Waals surface area contributed by atoms with Crippen LogP contribution >= 0.6 is 11.3 Å². The van der Waals surface area contributed by atoms with Crippen molar-refractivity contribution >= 4 is 11.3 Å². The van der Waals surface area contributed by atoms with Crippen molar-refractivity contribution in [1.82, 2.24) is 24.9 Å². The van der Waals surface area contributed by atoms with Crippen molar-refractivity contribution < 1.29 is 4.52 Å². The molecule has 0 atom stereocenters. The molecule has 0 radical (unpaired) electrons. The molecule has 0 saturated heterocycles. The van der Waals surface area contributed by atoms with E-state index in [0.717, 1.165) is 4.88 Å². The Bertz CT molecular complexity index is 557. The minimum atomic E-state index is 0.443. The number of hydrogen-bond donors (Lipinski definition) is 0. The van der Waals surface area contributed by atoms with E-state index in [1.807, 2.05) is 17.5 Å². The molecule has 3 aromatic rings. The third kappa shape index (κ3) is 1.72. The molecular weight excluding hydrogens is 226 g/mol. The van der Waals surface area contributed by atoms with Crippen molar-refractivity contribution in [3.8, 4) is 10.7 Å². The van der Waals surface area contributed by atoms with Gasteiger partial charge in [0.25, 0.3) is 0 Å². The van der Waals surface area contributed by atoms with E-state index < -0.39 is 0 Å². The lowest BCUT2D eigenvalue weighted by molar-refractivity contribution is 0.366. The van der Waals surface area contributed by atoms with Crippen LogP contribution in [0.4, 0.5) is 0 Å². The molecule has 6 nitrogen and oxygen atoms in total. The Kier molecular flexibility index (Phi) is 2.22. The molecule has 0 amide bonds. The van der Waals surface area contributed by atoms with E-state index in [9.17, 15) is 0 Å². The zero-order chi connectivity index (χ0) is 10.8. The topological polar surface area (TPSA) is 69.6 Å². The first-order valence-corrected chi connectivity index (χ1v) is 5.48. The summed E-state index contributed by atoms with van der Waals surface area (Å²) in [5.41, 5.74) is 0. The van der Waals surface area contributed by atoms with Crippen molar-refractivity contribution in [1.29, 1.82) is 0 Å². The zero-order valence-electron chi connectivity index (χ0n) is 8.15. The average molecular weight is 233 g/mol. The first-order valence-electron chi connectivity index (χ1n) is 4.61. The Morgan fingerprint density at radius 2 is 2.44 bits per heavy atom. The van der Waals surface area contributed by atoms with Crippen molar-refractivity contribution in [2.45, 2.75) is 6.54 Å². The van der Waals surface area contributed by atoms with Crippen LogP contribution in [0, 0.1) is 0 Å². The number of nitrogens with zero attached hydrogens (tertiary/aromatic N) is 5. The molecule has 0 bridgehead atoms. The number of aromatic nitrogens is 5. The van der Waals surface area contributed by atoms with Gasteiger partial charge in [-0.05, 0) is 11.4 Å². The molecule has 3 heterocycles. The van der Waals surface area contributed by atoms with Gasteiger partial charge in [0.1, 0.15) is 19.2 Å². The van der Waals surface area contributed by atoms with Crippen LogP contribution in [0.3, 0.4) is 0 Å². The van der Waals surface area contributed by atoms with Gasteiger partial charge in [0.2, 0.25) is 11.7 Å². The Morgan fingerprint density at radius 1 is 1.44 bits per heavy atom. The molecule has 0 saturated carbocycles. The summed E-state index contributed by atoms with van der Waals surface area (Å²) in [6.07, 6.45) is 3.07. The van der Waals surface area contributed by atoms with Crippen LogP contribution < -0.4 is 0 Å². The minimum absolute atomic E-state index is 0.443. The molecule has 3 rings (SSSR count). The van der Waals surface area contributed by atoms with Crippen molar-refractivity contribution in [3.63, 3.8) is 0 Å². The summed E-state index contributed by atoms with van der Waals surface area (Å²) in [7, 11) is 0. The summed E-state index contributed by atoms with van der Waals surface area (Å²) in [6, 6.07) is 3.90. The summed E-state index contributed by atoms with van der Waals surface area (Å²) in [5, 5.41) is 9.84. The van der Waals surface area contributed by atoms with Gasteiger partial charge in [0.05, 0.1) is 4.88 Å². The molecule has 0 N–H and O–H groups in total. The molecule has 3 aromatic heterocycles. The molecule has 16 heavy (non-hydrogen) atoms. The van der Waals surface area contributed by atoms with Crippen LogP contribution in [-0.2, 0) is 6.54 Å². The molecule has 7 heteroatoms. The quantitative estimate of drug-likeness (QED) is 0.684. The fourth-order valence-electron chi connectivity index (χ4n) is 1.28. The van der Waals surface area contributed by atoms with Gasteiger partial charge in [-0.3, -0.25) is 0 Å². The molecule has 0 aliphatic rings. The maximum Gasteiger partial charge on any atom is 0.248 e. The standard InChI is InChI=1S/C9H7N5OS/c1-2-7(16-3-1)9-12-8(15-13-9)4-14-6-10-5-11-14/h1-3,5-6H,4H2. The van der Waals surface area contributed by atoms with E-state index in [2.05, 4.69) is 20.2 Å². The van der Waals surface area contributed by atoms with E-state index in [-0.39, 0.29) is 0 Å². The third-order valence-corrected chi connectivity index (χ3v) is 2.84. The van der Waals surface area contributed by atoms with E-state index in [1.165, 1.54) is 6.33 Å². The average Bonchev–Trinajstić information content (AvgIpc) is 2.99. The van der Waals surface area contributed by atoms with Gasteiger partial charge in [-0.25, -0.2) is 9.67 Å². The van der Waals surface area contributed by atoms with E-state index in [0.29, 0.717) is 18.3 Å². The summed E-state index contributed by atoms with van der Waals surface area (Å²) in [5.74, 6) is 1.14. The van der Waals surface area contributed by atoms with Crippen molar-refractivity contribution in [2.24, 2.45) is 0 Å². The Labute approximate surface area is 94.6 Å². The fourth-order valence-corrected chi connectivity index (χ4v) is 1.93. The van der Waals surface area contributed by atoms with Gasteiger partial charge in [0.15, 0.2) is 0 Å². The molecule has 0 unspecified atom stereocenters. The maximum atomic E-state index is 5.12. The second-order valence-electron chi connectivity index (χ2n) is 3.08. The lowest BCUT2D eigenvalue weighted by atomic mass is 10.4. The molecule has 0 spiro atoms. The second kappa shape index (κ2) is 3.86. The zero-order valence-corrected chi connectivity index (χ0v) is 8.96. The normalized spacial score (nSPS) is 10.8. The fraction of sp³-hybridized carbons (Fsp3) is 0.111. The predicted octanol–water partition coefficient (Wildman–Crippen LogP) is 1.44. The smallest absolute Gasteiger partial charge is 0.248 e. The van der Waals surface area contributed by atoms with E-state index >= 15 is 0 Å². The van der Waals surface area contributed by atoms with Crippen molar-refractivity contribution in [3.05, 3.63) is 36.1 Å². The number of rotatable bonds is 3. The van der Waals surface area contributed by atoms with Gasteiger partial charge in [-0.15, -0.1) is 11.3 Å². The molecule has 0 aliphatic heterocycles. The molecule has 0 fully saturated rings. The van der Waals surface area contributed by atoms with Gasteiger partial charge in [-0.1, -0.05) is 11.2 Å². The van der Waals surface area contributed by atoms with Crippen LogP contribution in [0.2, 0.25) is 0 Å². The lowest BCUT2D eigenvalue weighted by Gasteiger charge is -1.91. The molecular formula is C9H7N5OS. The highest BCUT2D eigenvalue weighted by Crippen LogP contribution is 2.21. The van der Waals surface area contributed by atoms with Gasteiger partial charge < -0.3 is 4.52 Å². The maximum absolute atomic E-state index is 5.12. The van der Waals surface area contributed by atoms with Gasteiger partial charge in [0, 0.05) is 0 Å². The molecule has 0 aliphatic carbocycles. The first kappa shape index (κ1) is 9.22. The lowest BCUT2D eigenvalue weighted by Crippen LogP contribution is -1.99. The highest BCUT2D eigenvalue weighted by molar-refractivity contribution is 7.13. The SMILES string of the molecule is c1csc(-c2noc(Cn3cncn3)n2)c1. The number of thiophene rings is 1. The van der Waals surface area contributed by atoms with Crippen LogP contribution in [0.25, 0.3) is 10.7 Å². The monoisotopic (exact) mass is 233 g/mol. The van der Waals surface area contributed by atoms with Crippen LogP contribution in [0.5, 0.6) is 0 Å². The Morgan fingerprint density at radius 3 is 3.19 bits per heavy atom. The minimum Gasteiger partial charge on any atom is -0.337 e. The van der Waals surface area contributed by atoms with Gasteiger partial charge in [-0.2, -0.15) is 10.1 Å². The summed E-state index contributed by atoms with van der Waals surface area (Å²) < 4.78 is 6.75. The van der Waals surface area contributed by atoms with Crippen LogP contribution in [-0.4, -0.2) is 24.9 Å². The van der Waals surface area contributed by atoms with Crippen molar-refractivity contribution in [2.75, 3.05) is 0 Å². The third-order valence-electron chi connectivity index (χ3n) is 1.97. The summed E-state index contributed by atoms with van der Waals surface area (Å²) >= 11 is 1.58. The van der Waals surface area contributed by atoms with Gasteiger partial charge >= 0.3 is 0 Å². The molecule has 80 valence electrons. The van der Waals surface area contributed by atoms with Crippen LogP contribution in [0.1, 0.15) is 5.89 Å². The highest BCUT2D eigenvalue weighted by Gasteiger charge is 2.09. The predicted molar refractivity (Wildman–Crippen MR) is 56.7 cm³/mol. The summed E-state index contributed by atoms with van der Waals surface area (Å²) in [4.78, 5) is 9.10. The second-order valence-corrected chi connectivity index (χ2v) is 4.03. The summed E-state index contributed by atoms with van der Waals surface area (Å²) in [6.45, 7) is 0.443. The van der Waals surface area contributed by atoms with E-state index in [4.69, 9.17) is 4.52 Å². The first-order chi connectivity index (χ1) is 7.92. The highest BCUT2D eigenvalue weighted by atomic mass is 32.1. The van der Waals surface area contributed by atoms with E-state index in [1.54, 1.807) is 22.3 Å². The number of hydrogen-bond acceptors (Lipinski definition) is 6. The Hall–Kier alpha value is -2.02. The van der Waals surface area contributed by atoms with Crippen LogP contribution in [0.15, 0.2) is 34.7 Å². The molecule has 0 aromatic carbocycles.